The first-order chi connectivity index (χ1) is 8.83. The molecule has 4 nitrogen and oxygen atoms in total. The monoisotopic (exact) mass is 241 g/mol. The largest absolute Gasteiger partial charge is 0.385 e. The van der Waals surface area contributed by atoms with Crippen LogP contribution in [0.15, 0.2) is 18.2 Å². The lowest BCUT2D eigenvalue weighted by molar-refractivity contribution is 0.0699. The zero-order valence-electron chi connectivity index (χ0n) is 10.1. The quantitative estimate of drug-likeness (QED) is 0.881. The van der Waals surface area contributed by atoms with E-state index in [0.29, 0.717) is 17.0 Å². The maximum atomic E-state index is 8.95. The molecule has 1 aromatic rings. The van der Waals surface area contributed by atoms with E-state index in [1.807, 2.05) is 18.2 Å². The van der Waals surface area contributed by atoms with Gasteiger partial charge in [0, 0.05) is 25.4 Å². The first-order valence-electron chi connectivity index (χ1n) is 6.09. The van der Waals surface area contributed by atoms with Crippen LogP contribution in [0.5, 0.6) is 0 Å². The summed E-state index contributed by atoms with van der Waals surface area (Å²) in [5, 5.41) is 21.1. The van der Waals surface area contributed by atoms with Crippen LogP contribution in [-0.2, 0) is 4.74 Å². The van der Waals surface area contributed by atoms with Gasteiger partial charge in [0.25, 0.3) is 0 Å². The van der Waals surface area contributed by atoms with E-state index in [9.17, 15) is 0 Å². The summed E-state index contributed by atoms with van der Waals surface area (Å²) >= 11 is 0. The van der Waals surface area contributed by atoms with E-state index >= 15 is 0 Å². The van der Waals surface area contributed by atoms with Crippen molar-refractivity contribution in [2.45, 2.75) is 12.8 Å². The van der Waals surface area contributed by atoms with Crippen LogP contribution >= 0.6 is 0 Å². The van der Waals surface area contributed by atoms with Crippen LogP contribution < -0.4 is 5.32 Å². The van der Waals surface area contributed by atoms with Gasteiger partial charge in [0.2, 0.25) is 0 Å². The Hall–Kier alpha value is -2.04. The molecule has 1 saturated heterocycles. The number of nitriles is 2. The van der Waals surface area contributed by atoms with E-state index in [1.165, 1.54) is 0 Å². The summed E-state index contributed by atoms with van der Waals surface area (Å²) in [5.41, 5.74) is 1.75. The van der Waals surface area contributed by atoms with Crippen molar-refractivity contribution in [3.63, 3.8) is 0 Å². The molecule has 1 aliphatic heterocycles. The molecule has 0 bridgehead atoms. The van der Waals surface area contributed by atoms with Gasteiger partial charge in [-0.05, 0) is 37.0 Å². The van der Waals surface area contributed by atoms with Crippen molar-refractivity contribution in [2.75, 3.05) is 25.1 Å². The SMILES string of the molecule is N#Cc1ccc(NCC2CCOCC2)cc1C#N. The van der Waals surface area contributed by atoms with Gasteiger partial charge in [0.15, 0.2) is 0 Å². The number of hydrogen-bond acceptors (Lipinski definition) is 4. The molecule has 0 saturated carbocycles. The molecule has 1 N–H and O–H groups in total. The number of anilines is 1. The minimum atomic E-state index is 0.425. The molecule has 0 amide bonds. The van der Waals surface area contributed by atoms with Gasteiger partial charge in [-0.15, -0.1) is 0 Å². The van der Waals surface area contributed by atoms with Crippen molar-refractivity contribution in [1.82, 2.24) is 0 Å². The molecule has 0 aliphatic carbocycles. The Kier molecular flexibility index (Phi) is 4.17. The lowest BCUT2D eigenvalue weighted by Crippen LogP contribution is -2.22. The Morgan fingerprint density at radius 3 is 2.56 bits per heavy atom. The van der Waals surface area contributed by atoms with Gasteiger partial charge >= 0.3 is 0 Å². The minimum absolute atomic E-state index is 0.425. The van der Waals surface area contributed by atoms with Gasteiger partial charge in [-0.2, -0.15) is 10.5 Å². The summed E-state index contributed by atoms with van der Waals surface area (Å²) in [4.78, 5) is 0. The summed E-state index contributed by atoms with van der Waals surface area (Å²) in [6.45, 7) is 2.56. The van der Waals surface area contributed by atoms with Gasteiger partial charge in [-0.3, -0.25) is 0 Å². The highest BCUT2D eigenvalue weighted by Crippen LogP contribution is 2.18. The van der Waals surface area contributed by atoms with Crippen molar-refractivity contribution in [3.8, 4) is 12.1 Å². The van der Waals surface area contributed by atoms with Crippen LogP contribution in [0.3, 0.4) is 0 Å². The standard InChI is InChI=1S/C14H15N3O/c15-8-12-1-2-14(7-13(12)9-16)17-10-11-3-5-18-6-4-11/h1-2,7,11,17H,3-6,10H2. The van der Waals surface area contributed by atoms with E-state index in [4.69, 9.17) is 15.3 Å². The second-order valence-electron chi connectivity index (χ2n) is 4.42. The highest BCUT2D eigenvalue weighted by Gasteiger charge is 2.13. The highest BCUT2D eigenvalue weighted by molar-refractivity contribution is 5.56. The Labute approximate surface area is 107 Å². The molecule has 0 radical (unpaired) electrons. The van der Waals surface area contributed by atoms with E-state index in [-0.39, 0.29) is 0 Å². The number of nitrogens with zero attached hydrogens (tertiary/aromatic N) is 2. The van der Waals surface area contributed by atoms with E-state index < -0.39 is 0 Å². The number of nitrogens with one attached hydrogen (secondary N) is 1. The number of hydrogen-bond donors (Lipinski definition) is 1. The molecule has 0 unspecified atom stereocenters. The van der Waals surface area contributed by atoms with E-state index in [2.05, 4.69) is 5.32 Å². The third kappa shape index (κ3) is 3.00. The van der Waals surface area contributed by atoms with E-state index in [0.717, 1.165) is 38.3 Å². The van der Waals surface area contributed by atoms with Gasteiger partial charge in [-0.1, -0.05) is 0 Å². The van der Waals surface area contributed by atoms with Gasteiger partial charge in [0.05, 0.1) is 11.1 Å². The second kappa shape index (κ2) is 6.05. The zero-order valence-corrected chi connectivity index (χ0v) is 10.1. The summed E-state index contributed by atoms with van der Waals surface area (Å²) < 4.78 is 5.31. The van der Waals surface area contributed by atoms with Crippen LogP contribution in [0.2, 0.25) is 0 Å². The van der Waals surface area contributed by atoms with Crippen molar-refractivity contribution in [1.29, 1.82) is 10.5 Å². The molecule has 1 aliphatic rings. The predicted octanol–water partition coefficient (Wildman–Crippen LogP) is 2.27. The highest BCUT2D eigenvalue weighted by atomic mass is 16.5. The summed E-state index contributed by atoms with van der Waals surface area (Å²) in [6.07, 6.45) is 2.16. The third-order valence-corrected chi connectivity index (χ3v) is 3.20. The fourth-order valence-corrected chi connectivity index (χ4v) is 2.06. The molecule has 4 heteroatoms. The van der Waals surface area contributed by atoms with Gasteiger partial charge in [-0.25, -0.2) is 0 Å². The van der Waals surface area contributed by atoms with E-state index in [1.54, 1.807) is 12.1 Å². The van der Waals surface area contributed by atoms with Crippen molar-refractivity contribution < 1.29 is 4.74 Å². The van der Waals surface area contributed by atoms with Crippen LogP contribution in [0.1, 0.15) is 24.0 Å². The average Bonchev–Trinajstić information content (AvgIpc) is 2.45. The molecule has 0 spiro atoms. The third-order valence-electron chi connectivity index (χ3n) is 3.20. The Balaban J connectivity index is 1.97. The lowest BCUT2D eigenvalue weighted by Gasteiger charge is -2.22. The lowest BCUT2D eigenvalue weighted by atomic mass is 10.00. The molecular formula is C14H15N3O. The summed E-state index contributed by atoms with van der Waals surface area (Å²) in [6, 6.07) is 9.32. The minimum Gasteiger partial charge on any atom is -0.385 e. The summed E-state index contributed by atoms with van der Waals surface area (Å²) in [7, 11) is 0. The Morgan fingerprint density at radius 1 is 1.17 bits per heavy atom. The van der Waals surface area contributed by atoms with Crippen molar-refractivity contribution in [3.05, 3.63) is 29.3 Å². The molecule has 0 atom stereocenters. The normalized spacial score (nSPS) is 15.7. The van der Waals surface area contributed by atoms with Crippen molar-refractivity contribution >= 4 is 5.69 Å². The number of rotatable bonds is 3. The zero-order chi connectivity index (χ0) is 12.8. The smallest absolute Gasteiger partial charge is 0.101 e. The van der Waals surface area contributed by atoms with Gasteiger partial charge in [0.1, 0.15) is 12.1 Å². The molecule has 1 aromatic carbocycles. The predicted molar refractivity (Wildman–Crippen MR) is 67.9 cm³/mol. The van der Waals surface area contributed by atoms with Crippen molar-refractivity contribution in [2.24, 2.45) is 5.92 Å². The Bertz CT molecular complexity index is 493. The number of benzene rings is 1. The average molecular weight is 241 g/mol. The molecule has 2 rings (SSSR count). The molecule has 1 heterocycles. The van der Waals surface area contributed by atoms with Gasteiger partial charge < -0.3 is 10.1 Å². The molecule has 1 fully saturated rings. The molecule has 0 aromatic heterocycles. The second-order valence-corrected chi connectivity index (χ2v) is 4.42. The fourth-order valence-electron chi connectivity index (χ4n) is 2.06. The van der Waals surface area contributed by atoms with Crippen LogP contribution in [0, 0.1) is 28.6 Å². The maximum absolute atomic E-state index is 8.95. The fraction of sp³-hybridized carbons (Fsp3) is 0.429. The molecule has 18 heavy (non-hydrogen) atoms. The maximum Gasteiger partial charge on any atom is 0.101 e. The van der Waals surface area contributed by atoms with Crippen LogP contribution in [0.4, 0.5) is 5.69 Å². The first-order valence-corrected chi connectivity index (χ1v) is 6.09. The summed E-state index contributed by atoms with van der Waals surface area (Å²) in [5.74, 6) is 0.625. The first kappa shape index (κ1) is 12.4. The Morgan fingerprint density at radius 2 is 1.89 bits per heavy atom. The molecular weight excluding hydrogens is 226 g/mol. The topological polar surface area (TPSA) is 68.8 Å². The van der Waals surface area contributed by atoms with Crippen LogP contribution in [0.25, 0.3) is 0 Å². The number of ether oxygens (including phenoxy) is 1. The van der Waals surface area contributed by atoms with Crippen LogP contribution in [-0.4, -0.2) is 19.8 Å². The molecule has 92 valence electrons.